The molecule has 1 fully saturated rings. The topological polar surface area (TPSA) is 35.5 Å². The fourth-order valence-corrected chi connectivity index (χ4v) is 5.15. The Bertz CT molecular complexity index is 724. The van der Waals surface area contributed by atoms with Crippen molar-refractivity contribution in [2.45, 2.75) is 49.7 Å². The molecule has 3 nitrogen and oxygen atoms in total. The van der Waals surface area contributed by atoms with Crippen LogP contribution >= 0.6 is 0 Å². The van der Waals surface area contributed by atoms with Crippen molar-refractivity contribution in [2.24, 2.45) is 0 Å². The largest absolute Gasteiger partial charge is 0.389 e. The van der Waals surface area contributed by atoms with Crippen molar-refractivity contribution in [3.8, 4) is 0 Å². The van der Waals surface area contributed by atoms with Crippen LogP contribution in [-0.4, -0.2) is 31.3 Å². The smallest absolute Gasteiger partial charge is 0.0909 e. The highest BCUT2D eigenvalue weighted by Crippen LogP contribution is 2.51. The van der Waals surface area contributed by atoms with Gasteiger partial charge in [0.25, 0.3) is 0 Å². The molecule has 2 atom stereocenters. The number of fused-ring (bicyclic) bond motifs is 2. The molecular weight excluding hydrogens is 320 g/mol. The third kappa shape index (κ3) is 3.04. The molecule has 2 aromatic rings. The fourth-order valence-electron chi connectivity index (χ4n) is 5.15. The van der Waals surface area contributed by atoms with Crippen LogP contribution in [0.3, 0.4) is 0 Å². The molecule has 2 aromatic carbocycles. The first-order chi connectivity index (χ1) is 12.7. The summed E-state index contributed by atoms with van der Waals surface area (Å²) >= 11 is 0. The first-order valence-corrected chi connectivity index (χ1v) is 9.99. The van der Waals surface area contributed by atoms with Crippen molar-refractivity contribution in [1.82, 2.24) is 5.32 Å². The predicted octanol–water partition coefficient (Wildman–Crippen LogP) is 4.03. The molecule has 2 N–H and O–H groups in total. The summed E-state index contributed by atoms with van der Waals surface area (Å²) in [6.45, 7) is 1.61. The second kappa shape index (κ2) is 7.42. The monoisotopic (exact) mass is 350 g/mol. The highest BCUT2D eigenvalue weighted by molar-refractivity contribution is 5.64. The maximum Gasteiger partial charge on any atom is 0.0909 e. The number of nitrogens with one attached hydrogen (secondary N) is 1. The number of aliphatic hydroxyl groups excluding tert-OH is 1. The van der Waals surface area contributed by atoms with E-state index < -0.39 is 6.10 Å². The lowest BCUT2D eigenvalue weighted by molar-refractivity contribution is 0.138. The fraction of sp³-hybridized carbons (Fsp3) is 0.478. The van der Waals surface area contributed by atoms with Gasteiger partial charge in [0.05, 0.1) is 12.1 Å². The van der Waals surface area contributed by atoms with E-state index in [0.29, 0.717) is 6.54 Å². The van der Waals surface area contributed by atoms with Crippen molar-refractivity contribution >= 4 is 5.69 Å². The average molecular weight is 351 g/mol. The Morgan fingerprint density at radius 3 is 2.42 bits per heavy atom. The molecule has 0 unspecified atom stereocenters. The van der Waals surface area contributed by atoms with Crippen molar-refractivity contribution in [3.63, 3.8) is 0 Å². The molecule has 0 aromatic heterocycles. The molecule has 0 radical (unpaired) electrons. The third-order valence-corrected chi connectivity index (χ3v) is 6.32. The predicted molar refractivity (Wildman–Crippen MR) is 108 cm³/mol. The molecule has 2 aliphatic rings. The molecule has 4 rings (SSSR count). The van der Waals surface area contributed by atoms with E-state index in [1.165, 1.54) is 48.9 Å². The van der Waals surface area contributed by atoms with E-state index in [4.69, 9.17) is 0 Å². The Labute approximate surface area is 157 Å². The van der Waals surface area contributed by atoms with Crippen LogP contribution in [0.5, 0.6) is 0 Å². The normalized spacial score (nSPS) is 20.8. The van der Waals surface area contributed by atoms with Gasteiger partial charge in [-0.25, -0.2) is 0 Å². The molecule has 1 aliphatic heterocycles. The number of rotatable bonds is 5. The highest BCUT2D eigenvalue weighted by Gasteiger charge is 2.46. The van der Waals surface area contributed by atoms with E-state index in [0.717, 1.165) is 6.54 Å². The van der Waals surface area contributed by atoms with Gasteiger partial charge in [-0.15, -0.1) is 0 Å². The van der Waals surface area contributed by atoms with Crippen LogP contribution < -0.4 is 10.2 Å². The number of hydrogen-bond acceptors (Lipinski definition) is 3. The molecule has 1 saturated carbocycles. The number of aliphatic hydroxyl groups is 1. The average Bonchev–Trinajstić information content (AvgIpc) is 2.98. The first-order valence-electron chi connectivity index (χ1n) is 9.99. The highest BCUT2D eigenvalue weighted by atomic mass is 16.3. The third-order valence-electron chi connectivity index (χ3n) is 6.32. The summed E-state index contributed by atoms with van der Waals surface area (Å²) in [5.74, 6) is 0. The van der Waals surface area contributed by atoms with Gasteiger partial charge in [0.15, 0.2) is 0 Å². The quantitative estimate of drug-likeness (QED) is 0.855. The molecular formula is C23H30N2O. The number of para-hydroxylation sites is 1. The molecule has 3 heteroatoms. The van der Waals surface area contributed by atoms with Gasteiger partial charge in [-0.2, -0.15) is 0 Å². The van der Waals surface area contributed by atoms with Gasteiger partial charge < -0.3 is 15.3 Å². The SMILES string of the molecule is CNC[C@@H](O)[C@H](c1ccccc1)N1CC2(CCCCC2)c2ccccc21. The van der Waals surface area contributed by atoms with Gasteiger partial charge in [-0.3, -0.25) is 0 Å². The van der Waals surface area contributed by atoms with Gasteiger partial charge in [0, 0.05) is 24.2 Å². The lowest BCUT2D eigenvalue weighted by Gasteiger charge is -2.38. The van der Waals surface area contributed by atoms with Gasteiger partial charge in [0.1, 0.15) is 0 Å². The van der Waals surface area contributed by atoms with Gasteiger partial charge >= 0.3 is 0 Å². The molecule has 0 amide bonds. The Balaban J connectivity index is 1.76. The minimum Gasteiger partial charge on any atom is -0.389 e. The number of nitrogens with zero attached hydrogens (tertiary/aromatic N) is 1. The van der Waals surface area contributed by atoms with E-state index in [1.807, 2.05) is 13.1 Å². The van der Waals surface area contributed by atoms with Crippen LogP contribution in [0.1, 0.15) is 49.3 Å². The van der Waals surface area contributed by atoms with E-state index in [1.54, 1.807) is 0 Å². The Hall–Kier alpha value is -1.84. The van der Waals surface area contributed by atoms with E-state index >= 15 is 0 Å². The zero-order valence-electron chi connectivity index (χ0n) is 15.7. The first kappa shape index (κ1) is 17.6. The summed E-state index contributed by atoms with van der Waals surface area (Å²) in [4.78, 5) is 2.48. The maximum atomic E-state index is 11.0. The van der Waals surface area contributed by atoms with Crippen molar-refractivity contribution in [2.75, 3.05) is 25.0 Å². The summed E-state index contributed by atoms with van der Waals surface area (Å²) in [7, 11) is 1.91. The molecule has 0 bridgehead atoms. The Morgan fingerprint density at radius 2 is 1.69 bits per heavy atom. The lowest BCUT2D eigenvalue weighted by atomic mass is 9.71. The molecule has 1 heterocycles. The van der Waals surface area contributed by atoms with Crippen LogP contribution in [0.4, 0.5) is 5.69 Å². The Morgan fingerprint density at radius 1 is 1.00 bits per heavy atom. The van der Waals surface area contributed by atoms with E-state index in [9.17, 15) is 5.11 Å². The molecule has 0 saturated heterocycles. The second-order valence-electron chi connectivity index (χ2n) is 7.97. The van der Waals surface area contributed by atoms with Crippen LogP contribution in [-0.2, 0) is 5.41 Å². The molecule has 1 spiro atoms. The van der Waals surface area contributed by atoms with Crippen LogP contribution in [0.25, 0.3) is 0 Å². The second-order valence-corrected chi connectivity index (χ2v) is 7.97. The molecule has 26 heavy (non-hydrogen) atoms. The maximum absolute atomic E-state index is 11.0. The van der Waals surface area contributed by atoms with Crippen molar-refractivity contribution in [1.29, 1.82) is 0 Å². The molecule has 138 valence electrons. The van der Waals surface area contributed by atoms with Crippen LogP contribution in [0.2, 0.25) is 0 Å². The Kier molecular flexibility index (Phi) is 5.01. The van der Waals surface area contributed by atoms with Gasteiger partial charge in [-0.1, -0.05) is 67.8 Å². The van der Waals surface area contributed by atoms with Crippen LogP contribution in [0.15, 0.2) is 54.6 Å². The van der Waals surface area contributed by atoms with Crippen molar-refractivity contribution in [3.05, 3.63) is 65.7 Å². The minimum atomic E-state index is -0.450. The molecule has 1 aliphatic carbocycles. The number of benzene rings is 2. The number of anilines is 1. The number of hydrogen-bond donors (Lipinski definition) is 2. The zero-order chi connectivity index (χ0) is 18.0. The minimum absolute atomic E-state index is 0.0221. The summed E-state index contributed by atoms with van der Waals surface area (Å²) in [5.41, 5.74) is 4.27. The van der Waals surface area contributed by atoms with Crippen LogP contribution in [0, 0.1) is 0 Å². The van der Waals surface area contributed by atoms with E-state index in [-0.39, 0.29) is 11.5 Å². The van der Waals surface area contributed by atoms with E-state index in [2.05, 4.69) is 58.7 Å². The summed E-state index contributed by atoms with van der Waals surface area (Å²) in [5, 5.41) is 14.2. The summed E-state index contributed by atoms with van der Waals surface area (Å²) in [6, 6.07) is 19.4. The lowest BCUT2D eigenvalue weighted by Crippen LogP contribution is -2.43. The van der Waals surface area contributed by atoms with Crippen molar-refractivity contribution < 1.29 is 5.11 Å². The standard InChI is InChI=1S/C23H30N2O/c1-24-16-21(26)22(18-10-4-2-5-11-18)25-17-23(14-8-3-9-15-23)19-12-6-7-13-20(19)25/h2,4-7,10-13,21-22,24,26H,3,8-9,14-17H2,1H3/t21-,22+/m1/s1. The zero-order valence-corrected chi connectivity index (χ0v) is 15.7. The van der Waals surface area contributed by atoms with Gasteiger partial charge in [-0.05, 0) is 37.1 Å². The van der Waals surface area contributed by atoms with Gasteiger partial charge in [0.2, 0.25) is 0 Å². The summed E-state index contributed by atoms with van der Waals surface area (Å²) in [6.07, 6.45) is 6.08. The number of likely N-dealkylation sites (N-methyl/N-ethyl adjacent to an activating group) is 1. The summed E-state index contributed by atoms with van der Waals surface area (Å²) < 4.78 is 0.